The van der Waals surface area contributed by atoms with Gasteiger partial charge in [0.2, 0.25) is 0 Å². The number of aliphatic carboxylic acids is 1. The molecule has 0 aromatic carbocycles. The summed E-state index contributed by atoms with van der Waals surface area (Å²) in [5, 5.41) is 12.3. The minimum atomic E-state index is -0.967. The number of piperazine rings is 1. The van der Waals surface area contributed by atoms with E-state index in [0.29, 0.717) is 29.3 Å². The highest BCUT2D eigenvalue weighted by Crippen LogP contribution is 2.48. The summed E-state index contributed by atoms with van der Waals surface area (Å²) in [4.78, 5) is 20.5. The quantitative estimate of drug-likeness (QED) is 0.864. The van der Waals surface area contributed by atoms with Gasteiger partial charge < -0.3 is 15.3 Å². The van der Waals surface area contributed by atoms with Crippen LogP contribution in [-0.2, 0) is 11.2 Å². The van der Waals surface area contributed by atoms with Crippen molar-refractivity contribution in [2.75, 3.05) is 30.4 Å². The van der Waals surface area contributed by atoms with Crippen LogP contribution < -0.4 is 10.2 Å². The lowest BCUT2D eigenvalue weighted by Gasteiger charge is -2.51. The Balaban J connectivity index is 1.58. The number of hydrogen-bond acceptors (Lipinski definition) is 5. The number of carbonyl (C=O) groups is 1. The van der Waals surface area contributed by atoms with Crippen LogP contribution in [0.3, 0.4) is 0 Å². The molecule has 2 atom stereocenters. The van der Waals surface area contributed by atoms with Crippen molar-refractivity contribution in [1.29, 1.82) is 0 Å². The van der Waals surface area contributed by atoms with Crippen LogP contribution in [0.15, 0.2) is 11.8 Å². The highest BCUT2D eigenvalue weighted by Gasteiger charge is 2.41. The molecular weight excluding hydrogens is 335 g/mol. The van der Waals surface area contributed by atoms with Gasteiger partial charge in [-0.1, -0.05) is 0 Å². The molecule has 26 heavy (non-hydrogen) atoms. The number of nitrogens with zero attached hydrogens (tertiary/aromatic N) is 3. The molecule has 0 radical (unpaired) electrons. The molecule has 5 heterocycles. The summed E-state index contributed by atoms with van der Waals surface area (Å²) in [7, 11) is 2.14. The molecule has 2 bridgehead atoms. The third kappa shape index (κ3) is 2.40. The molecule has 138 valence electrons. The fourth-order valence-electron chi connectivity index (χ4n) is 4.72. The van der Waals surface area contributed by atoms with Crippen molar-refractivity contribution in [2.45, 2.75) is 50.1 Å². The predicted octanol–water partition coefficient (Wildman–Crippen LogP) is 2.32. The SMILES string of the molecule is CN1CC2CCC1CN2c1nc2c(c(C3CC3)c1F)CC(C(=O)O)=CN2. The van der Waals surface area contributed by atoms with Crippen LogP contribution in [0.4, 0.5) is 16.0 Å². The number of anilines is 2. The van der Waals surface area contributed by atoms with Gasteiger partial charge >= 0.3 is 5.97 Å². The molecule has 1 aromatic rings. The van der Waals surface area contributed by atoms with E-state index in [-0.39, 0.29) is 23.7 Å². The molecule has 6 rings (SSSR count). The van der Waals surface area contributed by atoms with Gasteiger partial charge in [0.25, 0.3) is 0 Å². The van der Waals surface area contributed by atoms with E-state index in [9.17, 15) is 9.90 Å². The van der Waals surface area contributed by atoms with Gasteiger partial charge in [0, 0.05) is 48.9 Å². The average molecular weight is 358 g/mol. The molecule has 2 unspecified atom stereocenters. The second-order valence-electron chi connectivity index (χ2n) is 8.04. The third-order valence-corrected chi connectivity index (χ3v) is 6.35. The molecular formula is C19H23FN4O2. The molecule has 7 heteroatoms. The molecule has 0 amide bonds. The maximum Gasteiger partial charge on any atom is 0.333 e. The molecule has 4 aliphatic heterocycles. The number of hydrogen-bond donors (Lipinski definition) is 2. The fourth-order valence-corrected chi connectivity index (χ4v) is 4.72. The number of nitrogens with one attached hydrogen (secondary N) is 1. The topological polar surface area (TPSA) is 68.7 Å². The Morgan fingerprint density at radius 2 is 2.04 bits per heavy atom. The number of carboxylic acids is 1. The fraction of sp³-hybridized carbons (Fsp3) is 0.579. The van der Waals surface area contributed by atoms with Crippen molar-refractivity contribution in [2.24, 2.45) is 0 Å². The first-order chi connectivity index (χ1) is 12.5. The van der Waals surface area contributed by atoms with Gasteiger partial charge in [0.05, 0.1) is 5.57 Å². The number of likely N-dealkylation sites (N-methyl/N-ethyl adjacent to an activating group) is 1. The van der Waals surface area contributed by atoms with Gasteiger partial charge in [-0.05, 0) is 38.6 Å². The molecule has 1 saturated carbocycles. The summed E-state index contributed by atoms with van der Waals surface area (Å²) in [5.41, 5.74) is 1.68. The Hall–Kier alpha value is -2.15. The van der Waals surface area contributed by atoms with Crippen molar-refractivity contribution in [3.8, 4) is 0 Å². The minimum absolute atomic E-state index is 0.199. The van der Waals surface area contributed by atoms with Crippen molar-refractivity contribution < 1.29 is 14.3 Å². The van der Waals surface area contributed by atoms with E-state index in [1.54, 1.807) is 0 Å². The smallest absolute Gasteiger partial charge is 0.333 e. The summed E-state index contributed by atoms with van der Waals surface area (Å²) >= 11 is 0. The monoisotopic (exact) mass is 358 g/mol. The number of pyridine rings is 1. The summed E-state index contributed by atoms with van der Waals surface area (Å²) in [5.74, 6) is 0.0852. The normalized spacial score (nSPS) is 27.8. The van der Waals surface area contributed by atoms with E-state index in [4.69, 9.17) is 0 Å². The number of aromatic nitrogens is 1. The summed E-state index contributed by atoms with van der Waals surface area (Å²) in [6.07, 6.45) is 5.89. The van der Waals surface area contributed by atoms with Crippen LogP contribution in [0.2, 0.25) is 0 Å². The largest absolute Gasteiger partial charge is 0.478 e. The lowest BCUT2D eigenvalue weighted by Crippen LogP contribution is -2.62. The summed E-state index contributed by atoms with van der Waals surface area (Å²) < 4.78 is 15.6. The van der Waals surface area contributed by atoms with E-state index in [0.717, 1.165) is 44.3 Å². The highest BCUT2D eigenvalue weighted by molar-refractivity contribution is 5.89. The van der Waals surface area contributed by atoms with Crippen molar-refractivity contribution in [3.05, 3.63) is 28.7 Å². The lowest BCUT2D eigenvalue weighted by atomic mass is 9.90. The number of halogens is 1. The maximum absolute atomic E-state index is 15.6. The van der Waals surface area contributed by atoms with Gasteiger partial charge in [-0.2, -0.15) is 0 Å². The number of rotatable bonds is 3. The van der Waals surface area contributed by atoms with E-state index in [1.165, 1.54) is 6.20 Å². The van der Waals surface area contributed by atoms with E-state index >= 15 is 4.39 Å². The van der Waals surface area contributed by atoms with Crippen LogP contribution in [0, 0.1) is 5.82 Å². The Morgan fingerprint density at radius 3 is 2.65 bits per heavy atom. The Kier molecular flexibility index (Phi) is 3.50. The van der Waals surface area contributed by atoms with Crippen LogP contribution in [0.5, 0.6) is 0 Å². The predicted molar refractivity (Wildman–Crippen MR) is 96.0 cm³/mol. The van der Waals surface area contributed by atoms with Gasteiger partial charge in [-0.15, -0.1) is 0 Å². The van der Waals surface area contributed by atoms with E-state index < -0.39 is 5.97 Å². The molecule has 1 aromatic heterocycles. The van der Waals surface area contributed by atoms with Gasteiger partial charge in [-0.3, -0.25) is 4.90 Å². The van der Waals surface area contributed by atoms with Crippen LogP contribution in [0.1, 0.15) is 42.7 Å². The van der Waals surface area contributed by atoms with Crippen molar-refractivity contribution in [1.82, 2.24) is 9.88 Å². The molecule has 6 nitrogen and oxygen atoms in total. The zero-order chi connectivity index (χ0) is 18.0. The molecule has 0 spiro atoms. The summed E-state index contributed by atoms with van der Waals surface area (Å²) in [6, 6.07) is 0.749. The first kappa shape index (κ1) is 16.1. The summed E-state index contributed by atoms with van der Waals surface area (Å²) in [6.45, 7) is 1.75. The average Bonchev–Trinajstić information content (AvgIpc) is 3.46. The van der Waals surface area contributed by atoms with E-state index in [1.807, 2.05) is 0 Å². The maximum atomic E-state index is 15.6. The molecule has 1 aliphatic carbocycles. The highest BCUT2D eigenvalue weighted by atomic mass is 19.1. The lowest BCUT2D eigenvalue weighted by molar-refractivity contribution is -0.132. The number of piperidine rings is 2. The van der Waals surface area contributed by atoms with E-state index in [2.05, 4.69) is 27.1 Å². The third-order valence-electron chi connectivity index (χ3n) is 6.35. The number of fused-ring (bicyclic) bond motifs is 4. The zero-order valence-corrected chi connectivity index (χ0v) is 14.8. The molecule has 2 N–H and O–H groups in total. The Bertz CT molecular complexity index is 820. The molecule has 5 aliphatic rings. The van der Waals surface area contributed by atoms with Crippen LogP contribution >= 0.6 is 0 Å². The standard InChI is InChI=1S/C19H23FN4O2/c1-23-8-13-5-4-12(23)9-24(13)18-16(20)15(10-2-3-10)14-6-11(19(25)26)7-21-17(14)22-18/h7,10,12-13H,2-6,8-9H2,1H3,(H,21,22)(H,25,26). The molecule has 4 fully saturated rings. The van der Waals surface area contributed by atoms with Gasteiger partial charge in [0.15, 0.2) is 11.6 Å². The first-order valence-corrected chi connectivity index (χ1v) is 9.41. The van der Waals surface area contributed by atoms with Crippen LogP contribution in [0.25, 0.3) is 0 Å². The number of carboxylic acid groups (broad SMARTS) is 1. The van der Waals surface area contributed by atoms with Gasteiger partial charge in [-0.25, -0.2) is 14.2 Å². The Morgan fingerprint density at radius 1 is 1.27 bits per heavy atom. The van der Waals surface area contributed by atoms with Crippen molar-refractivity contribution >= 4 is 17.6 Å². The molecule has 3 saturated heterocycles. The van der Waals surface area contributed by atoms with Gasteiger partial charge in [0.1, 0.15) is 5.82 Å². The second kappa shape index (κ2) is 5.67. The van der Waals surface area contributed by atoms with Crippen LogP contribution in [-0.4, -0.2) is 53.2 Å². The Labute approximate surface area is 151 Å². The first-order valence-electron chi connectivity index (χ1n) is 9.41. The minimum Gasteiger partial charge on any atom is -0.478 e. The van der Waals surface area contributed by atoms with Crippen molar-refractivity contribution in [3.63, 3.8) is 0 Å². The zero-order valence-electron chi connectivity index (χ0n) is 14.8. The second-order valence-corrected chi connectivity index (χ2v) is 8.04.